The topological polar surface area (TPSA) is 81.1 Å². The summed E-state index contributed by atoms with van der Waals surface area (Å²) in [5.74, 6) is -1.32. The molecule has 0 radical (unpaired) electrons. The number of likely N-dealkylation sites (tertiary alicyclic amines) is 2. The van der Waals surface area contributed by atoms with Crippen molar-refractivity contribution in [2.24, 2.45) is 11.8 Å². The van der Waals surface area contributed by atoms with Crippen LogP contribution in [0.5, 0.6) is 0 Å². The summed E-state index contributed by atoms with van der Waals surface area (Å²) in [6.45, 7) is 3.28. The second-order valence-corrected chi connectivity index (χ2v) is 5.64. The second-order valence-electron chi connectivity index (χ2n) is 5.64. The summed E-state index contributed by atoms with van der Waals surface area (Å²) >= 11 is 0. The van der Waals surface area contributed by atoms with E-state index in [2.05, 4.69) is 0 Å². The fourth-order valence-corrected chi connectivity index (χ4v) is 3.07. The molecule has 0 aromatic carbocycles. The number of carboxylic acid groups (broad SMARTS) is 1. The zero-order valence-corrected chi connectivity index (χ0v) is 11.3. The third kappa shape index (κ3) is 2.83. The number of nitrogens with zero attached hydrogens (tertiary/aromatic N) is 2. The monoisotopic (exact) mass is 270 g/mol. The number of aliphatic hydroxyl groups is 1. The Balaban J connectivity index is 2.02. The molecule has 108 valence electrons. The summed E-state index contributed by atoms with van der Waals surface area (Å²) in [6.07, 6.45) is 2.81. The van der Waals surface area contributed by atoms with Gasteiger partial charge in [0.1, 0.15) is 0 Å². The van der Waals surface area contributed by atoms with Crippen LogP contribution in [0.4, 0.5) is 4.79 Å². The van der Waals surface area contributed by atoms with Crippen LogP contribution in [0.25, 0.3) is 0 Å². The largest absolute Gasteiger partial charge is 0.481 e. The molecule has 0 bridgehead atoms. The van der Waals surface area contributed by atoms with E-state index in [9.17, 15) is 14.7 Å². The van der Waals surface area contributed by atoms with E-state index in [0.29, 0.717) is 13.1 Å². The lowest BCUT2D eigenvalue weighted by Gasteiger charge is -2.37. The summed E-state index contributed by atoms with van der Waals surface area (Å²) in [4.78, 5) is 26.8. The summed E-state index contributed by atoms with van der Waals surface area (Å²) in [6, 6.07) is -0.227. The van der Waals surface area contributed by atoms with E-state index in [1.165, 1.54) is 0 Å². The highest BCUT2D eigenvalue weighted by Gasteiger charge is 2.39. The van der Waals surface area contributed by atoms with Gasteiger partial charge in [0.2, 0.25) is 0 Å². The molecular formula is C13H22N2O4. The zero-order valence-electron chi connectivity index (χ0n) is 11.3. The fourth-order valence-electron chi connectivity index (χ4n) is 3.07. The van der Waals surface area contributed by atoms with Crippen LogP contribution in [0.15, 0.2) is 0 Å². The van der Waals surface area contributed by atoms with Gasteiger partial charge in [-0.2, -0.15) is 0 Å². The van der Waals surface area contributed by atoms with Crippen LogP contribution in [-0.2, 0) is 4.79 Å². The maximum atomic E-state index is 12.4. The molecule has 2 aliphatic rings. The van der Waals surface area contributed by atoms with E-state index in [-0.39, 0.29) is 31.1 Å². The highest BCUT2D eigenvalue weighted by atomic mass is 16.4. The number of amides is 2. The number of carbonyl (C=O) groups is 2. The van der Waals surface area contributed by atoms with Gasteiger partial charge in [-0.15, -0.1) is 0 Å². The predicted molar refractivity (Wildman–Crippen MR) is 68.7 cm³/mol. The molecule has 1 unspecified atom stereocenters. The minimum Gasteiger partial charge on any atom is -0.481 e. The van der Waals surface area contributed by atoms with Gasteiger partial charge in [0.15, 0.2) is 0 Å². The Morgan fingerprint density at radius 2 is 2.00 bits per heavy atom. The number of hydrogen-bond donors (Lipinski definition) is 2. The first-order chi connectivity index (χ1) is 9.04. The third-order valence-electron chi connectivity index (χ3n) is 4.28. The Morgan fingerprint density at radius 3 is 2.58 bits per heavy atom. The van der Waals surface area contributed by atoms with Gasteiger partial charge in [0.05, 0.1) is 18.6 Å². The Bertz CT molecular complexity index is 361. The molecular weight excluding hydrogens is 248 g/mol. The summed E-state index contributed by atoms with van der Waals surface area (Å²) < 4.78 is 0. The molecule has 19 heavy (non-hydrogen) atoms. The van der Waals surface area contributed by atoms with Crippen molar-refractivity contribution in [2.45, 2.75) is 32.2 Å². The van der Waals surface area contributed by atoms with Crippen LogP contribution in [-0.4, -0.2) is 64.3 Å². The standard InChI is InChI=1S/C13H22N2O4/c1-9-6-14(7-11(9)12(17)18)13(19)15-5-3-2-4-10(15)8-16/h9-11,16H,2-8H2,1H3,(H,17,18)/t9-,10?,11-/m1/s1. The maximum absolute atomic E-state index is 12.4. The molecule has 2 fully saturated rings. The highest BCUT2D eigenvalue weighted by Crippen LogP contribution is 2.26. The van der Waals surface area contributed by atoms with Crippen molar-refractivity contribution >= 4 is 12.0 Å². The van der Waals surface area contributed by atoms with Crippen LogP contribution < -0.4 is 0 Å². The lowest BCUT2D eigenvalue weighted by Crippen LogP contribution is -2.51. The lowest BCUT2D eigenvalue weighted by molar-refractivity contribution is -0.142. The molecule has 3 atom stereocenters. The zero-order chi connectivity index (χ0) is 14.0. The predicted octanol–water partition coefficient (Wildman–Crippen LogP) is 0.606. The van der Waals surface area contributed by atoms with Crippen molar-refractivity contribution in [1.29, 1.82) is 0 Å². The Morgan fingerprint density at radius 1 is 1.26 bits per heavy atom. The smallest absolute Gasteiger partial charge is 0.320 e. The van der Waals surface area contributed by atoms with Crippen molar-refractivity contribution < 1.29 is 19.8 Å². The first-order valence-corrected chi connectivity index (χ1v) is 6.93. The van der Waals surface area contributed by atoms with Gasteiger partial charge in [-0.3, -0.25) is 4.79 Å². The van der Waals surface area contributed by atoms with Crippen molar-refractivity contribution in [3.63, 3.8) is 0 Å². The minimum absolute atomic E-state index is 0.0150. The number of carbonyl (C=O) groups excluding carboxylic acids is 1. The highest BCUT2D eigenvalue weighted by molar-refractivity contribution is 5.78. The molecule has 2 N–H and O–H groups in total. The average Bonchev–Trinajstić information content (AvgIpc) is 2.80. The number of aliphatic hydroxyl groups excluding tert-OH is 1. The van der Waals surface area contributed by atoms with Crippen molar-refractivity contribution in [3.05, 3.63) is 0 Å². The fraction of sp³-hybridized carbons (Fsp3) is 0.846. The molecule has 6 heteroatoms. The number of rotatable bonds is 2. The summed E-state index contributed by atoms with van der Waals surface area (Å²) in [7, 11) is 0. The van der Waals surface area contributed by atoms with E-state index in [0.717, 1.165) is 19.3 Å². The van der Waals surface area contributed by atoms with Gasteiger partial charge in [0.25, 0.3) is 0 Å². The first kappa shape index (κ1) is 14.1. The van der Waals surface area contributed by atoms with Crippen LogP contribution in [0, 0.1) is 11.8 Å². The molecule has 2 heterocycles. The Labute approximate surface area is 113 Å². The molecule has 2 rings (SSSR count). The minimum atomic E-state index is -0.833. The second kappa shape index (κ2) is 5.77. The average molecular weight is 270 g/mol. The van der Waals surface area contributed by atoms with Crippen molar-refractivity contribution in [1.82, 2.24) is 9.80 Å². The molecule has 2 saturated heterocycles. The molecule has 0 spiro atoms. The van der Waals surface area contributed by atoms with Gasteiger partial charge in [-0.1, -0.05) is 6.92 Å². The van der Waals surface area contributed by atoms with Gasteiger partial charge in [0, 0.05) is 19.6 Å². The van der Waals surface area contributed by atoms with Crippen LogP contribution >= 0.6 is 0 Å². The molecule has 0 aliphatic carbocycles. The third-order valence-corrected chi connectivity index (χ3v) is 4.28. The molecule has 6 nitrogen and oxygen atoms in total. The quantitative estimate of drug-likeness (QED) is 0.770. The normalized spacial score (nSPS) is 31.6. The molecule has 0 aromatic rings. The van der Waals surface area contributed by atoms with Crippen LogP contribution in [0.2, 0.25) is 0 Å². The maximum Gasteiger partial charge on any atom is 0.320 e. The number of hydrogen-bond acceptors (Lipinski definition) is 3. The van der Waals surface area contributed by atoms with Crippen molar-refractivity contribution in [3.8, 4) is 0 Å². The SMILES string of the molecule is C[C@@H]1CN(C(=O)N2CCCCC2CO)C[C@H]1C(=O)O. The van der Waals surface area contributed by atoms with Crippen LogP contribution in [0.3, 0.4) is 0 Å². The molecule has 2 amide bonds. The van der Waals surface area contributed by atoms with Gasteiger partial charge in [-0.05, 0) is 25.2 Å². The Hall–Kier alpha value is -1.30. The number of urea groups is 1. The number of piperidine rings is 1. The van der Waals surface area contributed by atoms with E-state index in [1.807, 2.05) is 6.92 Å². The Kier molecular flexibility index (Phi) is 4.29. The van der Waals surface area contributed by atoms with E-state index in [1.54, 1.807) is 9.80 Å². The number of carboxylic acids is 1. The van der Waals surface area contributed by atoms with E-state index < -0.39 is 11.9 Å². The molecule has 0 aromatic heterocycles. The first-order valence-electron chi connectivity index (χ1n) is 6.93. The van der Waals surface area contributed by atoms with E-state index >= 15 is 0 Å². The van der Waals surface area contributed by atoms with Crippen LogP contribution in [0.1, 0.15) is 26.2 Å². The lowest BCUT2D eigenvalue weighted by atomic mass is 9.99. The van der Waals surface area contributed by atoms with E-state index in [4.69, 9.17) is 5.11 Å². The summed E-state index contributed by atoms with van der Waals surface area (Å²) in [5, 5.41) is 18.4. The summed E-state index contributed by atoms with van der Waals surface area (Å²) in [5.41, 5.74) is 0. The van der Waals surface area contributed by atoms with Gasteiger partial charge in [-0.25, -0.2) is 4.79 Å². The van der Waals surface area contributed by atoms with Crippen molar-refractivity contribution in [2.75, 3.05) is 26.2 Å². The number of aliphatic carboxylic acids is 1. The molecule has 2 aliphatic heterocycles. The molecule has 0 saturated carbocycles. The van der Waals surface area contributed by atoms with Gasteiger partial charge >= 0.3 is 12.0 Å². The van der Waals surface area contributed by atoms with Gasteiger partial charge < -0.3 is 20.0 Å².